The number of guanidine groups is 1. The molecule has 2 fully saturated rings. The van der Waals surface area contributed by atoms with Crippen molar-refractivity contribution in [1.29, 1.82) is 0 Å². The number of aliphatic imine (C=N–C) groups is 1. The Hall–Kier alpha value is -1.52. The van der Waals surface area contributed by atoms with E-state index in [1.54, 1.807) is 0 Å². The van der Waals surface area contributed by atoms with Gasteiger partial charge in [0, 0.05) is 38.6 Å². The maximum Gasteiger partial charge on any atom is 0.191 e. The van der Waals surface area contributed by atoms with Crippen LogP contribution in [0, 0.1) is 11.8 Å². The maximum atomic E-state index is 4.35. The summed E-state index contributed by atoms with van der Waals surface area (Å²) in [5.41, 5.74) is 0. The van der Waals surface area contributed by atoms with Crippen LogP contribution in [0.4, 0.5) is 0 Å². The van der Waals surface area contributed by atoms with E-state index in [0.29, 0.717) is 6.04 Å². The molecule has 1 heterocycles. The first-order chi connectivity index (χ1) is 10.9. The Labute approximate surface area is 133 Å². The van der Waals surface area contributed by atoms with Crippen molar-refractivity contribution in [2.24, 2.45) is 16.8 Å². The molecule has 5 nitrogen and oxygen atoms in total. The minimum absolute atomic E-state index is 0.653. The summed E-state index contributed by atoms with van der Waals surface area (Å²) >= 11 is 0. The molecule has 5 heteroatoms. The summed E-state index contributed by atoms with van der Waals surface area (Å²) in [4.78, 5) is 4.35. The number of aryl methyl sites for hydroxylation is 1. The predicted octanol–water partition coefficient (Wildman–Crippen LogP) is 2.41. The number of hydrogen-bond acceptors (Lipinski definition) is 2. The number of hydrogen-bond donors (Lipinski definition) is 2. The van der Waals surface area contributed by atoms with Crippen LogP contribution in [-0.2, 0) is 6.54 Å². The zero-order valence-corrected chi connectivity index (χ0v) is 13.7. The zero-order valence-electron chi connectivity index (χ0n) is 13.7. The predicted molar refractivity (Wildman–Crippen MR) is 89.8 cm³/mol. The first-order valence-corrected chi connectivity index (χ1v) is 8.81. The van der Waals surface area contributed by atoms with E-state index in [1.165, 1.54) is 38.5 Å². The zero-order chi connectivity index (χ0) is 15.2. The molecule has 0 radical (unpaired) electrons. The van der Waals surface area contributed by atoms with Crippen LogP contribution >= 0.6 is 0 Å². The summed E-state index contributed by atoms with van der Waals surface area (Å²) in [7, 11) is 1.86. The van der Waals surface area contributed by atoms with E-state index in [4.69, 9.17) is 0 Å². The van der Waals surface area contributed by atoms with Crippen molar-refractivity contribution in [2.75, 3.05) is 13.6 Å². The molecule has 2 N–H and O–H groups in total. The minimum Gasteiger partial charge on any atom is -0.356 e. The lowest BCUT2D eigenvalue weighted by Gasteiger charge is -2.22. The Morgan fingerprint density at radius 3 is 2.91 bits per heavy atom. The number of rotatable bonds is 6. The van der Waals surface area contributed by atoms with Crippen LogP contribution in [0.1, 0.15) is 44.9 Å². The monoisotopic (exact) mass is 303 g/mol. The molecule has 0 saturated heterocycles. The molecule has 22 heavy (non-hydrogen) atoms. The third-order valence-electron chi connectivity index (χ3n) is 5.06. The van der Waals surface area contributed by atoms with Crippen LogP contribution in [0.5, 0.6) is 0 Å². The Morgan fingerprint density at radius 1 is 1.32 bits per heavy atom. The van der Waals surface area contributed by atoms with Gasteiger partial charge >= 0.3 is 0 Å². The normalized spacial score (nSPS) is 26.0. The molecule has 2 saturated carbocycles. The second-order valence-corrected chi connectivity index (χ2v) is 6.67. The van der Waals surface area contributed by atoms with E-state index in [1.807, 2.05) is 30.2 Å². The second-order valence-electron chi connectivity index (χ2n) is 6.67. The molecule has 2 aliphatic carbocycles. The highest BCUT2D eigenvalue weighted by Gasteiger charge is 2.43. The van der Waals surface area contributed by atoms with Crippen molar-refractivity contribution in [2.45, 2.75) is 57.5 Å². The van der Waals surface area contributed by atoms with Crippen molar-refractivity contribution < 1.29 is 0 Å². The van der Waals surface area contributed by atoms with E-state index < -0.39 is 0 Å². The molecule has 0 aromatic carbocycles. The molecule has 0 aliphatic heterocycles. The fraction of sp³-hybridized carbons (Fsp3) is 0.765. The van der Waals surface area contributed by atoms with E-state index in [2.05, 4.69) is 20.7 Å². The van der Waals surface area contributed by atoms with Gasteiger partial charge < -0.3 is 10.6 Å². The van der Waals surface area contributed by atoms with Gasteiger partial charge in [-0.2, -0.15) is 5.10 Å². The smallest absolute Gasteiger partial charge is 0.191 e. The highest BCUT2D eigenvalue weighted by molar-refractivity contribution is 5.80. The van der Waals surface area contributed by atoms with Crippen LogP contribution in [-0.4, -0.2) is 35.4 Å². The lowest BCUT2D eigenvalue weighted by atomic mass is 9.85. The number of nitrogens with one attached hydrogen (secondary N) is 2. The molecular weight excluding hydrogens is 274 g/mol. The average Bonchev–Trinajstić information content (AvgIpc) is 3.13. The van der Waals surface area contributed by atoms with Gasteiger partial charge in [-0.15, -0.1) is 0 Å². The summed E-state index contributed by atoms with van der Waals surface area (Å²) in [5.74, 6) is 2.82. The van der Waals surface area contributed by atoms with Crippen LogP contribution in [0.15, 0.2) is 23.5 Å². The molecular formula is C17H29N5. The summed E-state index contributed by atoms with van der Waals surface area (Å²) in [6.07, 6.45) is 13.4. The van der Waals surface area contributed by atoms with Crippen LogP contribution in [0.25, 0.3) is 0 Å². The number of aromatic nitrogens is 2. The van der Waals surface area contributed by atoms with E-state index in [9.17, 15) is 0 Å². The van der Waals surface area contributed by atoms with Gasteiger partial charge in [0.15, 0.2) is 5.96 Å². The standard InChI is InChI=1S/C17H29N5/c1-18-17(19-9-5-11-22-12-6-10-20-22)21-16-13-15(16)14-7-3-2-4-8-14/h6,10,12,14-16H,2-5,7-9,11,13H2,1H3,(H2,18,19,21). The van der Waals surface area contributed by atoms with Crippen LogP contribution < -0.4 is 10.6 Å². The van der Waals surface area contributed by atoms with Crippen LogP contribution in [0.3, 0.4) is 0 Å². The summed E-state index contributed by atoms with van der Waals surface area (Å²) in [5, 5.41) is 11.2. The molecule has 2 atom stereocenters. The van der Waals surface area contributed by atoms with Crippen molar-refractivity contribution in [3.05, 3.63) is 18.5 Å². The summed E-state index contributed by atoms with van der Waals surface area (Å²) in [6.45, 7) is 1.88. The Balaban J connectivity index is 1.32. The van der Waals surface area contributed by atoms with Gasteiger partial charge in [-0.1, -0.05) is 32.1 Å². The van der Waals surface area contributed by atoms with E-state index in [0.717, 1.165) is 37.3 Å². The third-order valence-corrected chi connectivity index (χ3v) is 5.06. The molecule has 1 aromatic heterocycles. The van der Waals surface area contributed by atoms with Gasteiger partial charge in [-0.3, -0.25) is 9.67 Å². The van der Waals surface area contributed by atoms with E-state index >= 15 is 0 Å². The molecule has 1 aromatic rings. The van der Waals surface area contributed by atoms with Gasteiger partial charge in [-0.25, -0.2) is 0 Å². The van der Waals surface area contributed by atoms with Gasteiger partial charge in [-0.05, 0) is 30.7 Å². The average molecular weight is 303 g/mol. The number of nitrogens with zero attached hydrogens (tertiary/aromatic N) is 3. The summed E-state index contributed by atoms with van der Waals surface area (Å²) < 4.78 is 1.97. The first kappa shape index (κ1) is 15.4. The van der Waals surface area contributed by atoms with Crippen molar-refractivity contribution in [1.82, 2.24) is 20.4 Å². The quantitative estimate of drug-likeness (QED) is 0.482. The summed E-state index contributed by atoms with van der Waals surface area (Å²) in [6, 6.07) is 2.62. The van der Waals surface area contributed by atoms with E-state index in [-0.39, 0.29) is 0 Å². The topological polar surface area (TPSA) is 54.2 Å². The van der Waals surface area contributed by atoms with Crippen LogP contribution in [0.2, 0.25) is 0 Å². The molecule has 0 spiro atoms. The first-order valence-electron chi connectivity index (χ1n) is 8.81. The molecule has 122 valence electrons. The third kappa shape index (κ3) is 4.24. The Bertz CT molecular complexity index is 461. The fourth-order valence-electron chi connectivity index (χ4n) is 3.71. The molecule has 2 aliphatic rings. The van der Waals surface area contributed by atoms with Crippen molar-refractivity contribution in [3.8, 4) is 0 Å². The SMILES string of the molecule is CN=C(NCCCn1cccn1)NC1CC1C1CCCCC1. The minimum atomic E-state index is 0.653. The Morgan fingerprint density at radius 2 is 2.18 bits per heavy atom. The van der Waals surface area contributed by atoms with Gasteiger partial charge in [0.25, 0.3) is 0 Å². The lowest BCUT2D eigenvalue weighted by Crippen LogP contribution is -2.40. The lowest BCUT2D eigenvalue weighted by molar-refractivity contribution is 0.315. The molecule has 2 unspecified atom stereocenters. The van der Waals surface area contributed by atoms with Gasteiger partial charge in [0.1, 0.15) is 0 Å². The second kappa shape index (κ2) is 7.65. The molecule has 3 rings (SSSR count). The highest BCUT2D eigenvalue weighted by atomic mass is 15.3. The van der Waals surface area contributed by atoms with Crippen molar-refractivity contribution >= 4 is 5.96 Å². The fourth-order valence-corrected chi connectivity index (χ4v) is 3.71. The maximum absolute atomic E-state index is 4.35. The largest absolute Gasteiger partial charge is 0.356 e. The molecule has 0 amide bonds. The Kier molecular flexibility index (Phi) is 5.35. The van der Waals surface area contributed by atoms with Gasteiger partial charge in [0.2, 0.25) is 0 Å². The molecule has 0 bridgehead atoms. The van der Waals surface area contributed by atoms with Crippen molar-refractivity contribution in [3.63, 3.8) is 0 Å². The highest BCUT2D eigenvalue weighted by Crippen LogP contribution is 2.44. The van der Waals surface area contributed by atoms with Gasteiger partial charge in [0.05, 0.1) is 0 Å².